The highest BCUT2D eigenvalue weighted by Gasteiger charge is 2.07. The molecule has 0 atom stereocenters. The molecule has 0 fully saturated rings. The molecule has 90 valence electrons. The van der Waals surface area contributed by atoms with Gasteiger partial charge in [0, 0.05) is 26.7 Å². The van der Waals surface area contributed by atoms with E-state index in [1.807, 2.05) is 4.90 Å². The largest absolute Gasteiger partial charge is 0.469 e. The summed E-state index contributed by atoms with van der Waals surface area (Å²) in [7, 11) is 2.98. The molecule has 0 radical (unpaired) electrons. The van der Waals surface area contributed by atoms with Gasteiger partial charge in [0.1, 0.15) is 0 Å². The van der Waals surface area contributed by atoms with Crippen LogP contribution in [0.3, 0.4) is 0 Å². The summed E-state index contributed by atoms with van der Waals surface area (Å²) in [5.41, 5.74) is 0. The molecule has 0 rings (SSSR count). The molecule has 0 unspecified atom stereocenters. The topological polar surface area (TPSA) is 38.8 Å². The summed E-state index contributed by atoms with van der Waals surface area (Å²) in [4.78, 5) is 12.9. The van der Waals surface area contributed by atoms with E-state index in [2.05, 4.69) is 4.74 Å². The van der Waals surface area contributed by atoms with Gasteiger partial charge in [0.15, 0.2) is 0 Å². The lowest BCUT2D eigenvalue weighted by Gasteiger charge is -2.20. The van der Waals surface area contributed by atoms with Crippen LogP contribution in [0.2, 0.25) is 0 Å². The minimum absolute atomic E-state index is 0.238. The molecule has 0 aliphatic carbocycles. The van der Waals surface area contributed by atoms with E-state index < -0.39 is 0 Å². The van der Waals surface area contributed by atoms with Crippen LogP contribution in [-0.2, 0) is 14.3 Å². The molecule has 0 aliphatic rings. The van der Waals surface area contributed by atoms with Crippen molar-refractivity contribution in [3.8, 4) is 0 Å². The van der Waals surface area contributed by atoms with Gasteiger partial charge in [-0.15, -0.1) is 0 Å². The van der Waals surface area contributed by atoms with Gasteiger partial charge in [-0.3, -0.25) is 9.18 Å². The molecule has 0 amide bonds. The van der Waals surface area contributed by atoms with Crippen molar-refractivity contribution in [1.29, 1.82) is 0 Å². The van der Waals surface area contributed by atoms with Gasteiger partial charge in [0.05, 0.1) is 26.8 Å². The average Bonchev–Trinajstić information content (AvgIpc) is 2.27. The van der Waals surface area contributed by atoms with Crippen molar-refractivity contribution in [2.75, 3.05) is 47.1 Å². The number of rotatable bonds is 9. The first-order valence-electron chi connectivity index (χ1n) is 5.08. The summed E-state index contributed by atoms with van der Waals surface area (Å²) < 4.78 is 21.5. The molecule has 0 aliphatic heterocycles. The Morgan fingerprint density at radius 1 is 1.27 bits per heavy atom. The fraction of sp³-hybridized carbons (Fsp3) is 0.900. The molecule has 0 spiro atoms. The molecule has 0 aromatic rings. The predicted molar refractivity (Wildman–Crippen MR) is 55.5 cm³/mol. The summed E-state index contributed by atoms with van der Waals surface area (Å²) in [6, 6.07) is 0. The first kappa shape index (κ1) is 14.3. The van der Waals surface area contributed by atoms with E-state index in [4.69, 9.17) is 4.74 Å². The first-order valence-corrected chi connectivity index (χ1v) is 5.08. The fourth-order valence-corrected chi connectivity index (χ4v) is 1.19. The monoisotopic (exact) mass is 221 g/mol. The van der Waals surface area contributed by atoms with E-state index in [-0.39, 0.29) is 12.6 Å². The van der Waals surface area contributed by atoms with Gasteiger partial charge >= 0.3 is 5.97 Å². The van der Waals surface area contributed by atoms with Crippen molar-refractivity contribution in [2.24, 2.45) is 0 Å². The van der Waals surface area contributed by atoms with Crippen LogP contribution in [0, 0.1) is 0 Å². The lowest BCUT2D eigenvalue weighted by molar-refractivity contribution is -0.141. The average molecular weight is 221 g/mol. The molecule has 5 heteroatoms. The van der Waals surface area contributed by atoms with Gasteiger partial charge in [0.25, 0.3) is 0 Å². The van der Waals surface area contributed by atoms with Gasteiger partial charge in [-0.1, -0.05) is 0 Å². The van der Waals surface area contributed by atoms with E-state index in [0.29, 0.717) is 39.1 Å². The SMILES string of the molecule is COCCN(CCCF)CCC(=O)OC. The van der Waals surface area contributed by atoms with Crippen LogP contribution in [-0.4, -0.2) is 58.0 Å². The Hall–Kier alpha value is -0.680. The summed E-state index contributed by atoms with van der Waals surface area (Å²) in [5.74, 6) is -0.238. The number of esters is 1. The number of hydrogen-bond donors (Lipinski definition) is 0. The smallest absolute Gasteiger partial charge is 0.306 e. The summed E-state index contributed by atoms with van der Waals surface area (Å²) >= 11 is 0. The normalized spacial score (nSPS) is 10.7. The van der Waals surface area contributed by atoms with Gasteiger partial charge in [-0.2, -0.15) is 0 Å². The molecular weight excluding hydrogens is 201 g/mol. The van der Waals surface area contributed by atoms with Crippen LogP contribution in [0.25, 0.3) is 0 Å². The Morgan fingerprint density at radius 3 is 2.53 bits per heavy atom. The lowest BCUT2D eigenvalue weighted by atomic mass is 10.3. The maximum atomic E-state index is 12.0. The summed E-state index contributed by atoms with van der Waals surface area (Å²) in [5, 5.41) is 0. The minimum atomic E-state index is -0.332. The highest BCUT2D eigenvalue weighted by Crippen LogP contribution is 1.96. The predicted octanol–water partition coefficient (Wildman–Crippen LogP) is 0.857. The number of carbonyl (C=O) groups is 1. The first-order chi connectivity index (χ1) is 7.24. The Morgan fingerprint density at radius 2 is 2.00 bits per heavy atom. The molecule has 0 aromatic heterocycles. The molecule has 4 nitrogen and oxygen atoms in total. The van der Waals surface area contributed by atoms with Crippen molar-refractivity contribution in [3.63, 3.8) is 0 Å². The number of halogens is 1. The van der Waals surface area contributed by atoms with E-state index in [9.17, 15) is 9.18 Å². The second-order valence-corrected chi connectivity index (χ2v) is 3.20. The number of nitrogens with zero attached hydrogens (tertiary/aromatic N) is 1. The van der Waals surface area contributed by atoms with Crippen LogP contribution in [0.1, 0.15) is 12.8 Å². The second-order valence-electron chi connectivity index (χ2n) is 3.20. The Kier molecular flexibility index (Phi) is 9.41. The van der Waals surface area contributed by atoms with E-state index in [1.54, 1.807) is 7.11 Å². The Labute approximate surface area is 90.3 Å². The standard InChI is InChI=1S/C10H20FNO3/c1-14-9-8-12(6-3-5-11)7-4-10(13)15-2/h3-9H2,1-2H3. The van der Waals surface area contributed by atoms with Gasteiger partial charge in [-0.05, 0) is 6.42 Å². The maximum Gasteiger partial charge on any atom is 0.306 e. The number of methoxy groups -OCH3 is 2. The molecule has 0 heterocycles. The summed E-state index contributed by atoms with van der Waals surface area (Å²) in [6.07, 6.45) is 0.831. The third kappa shape index (κ3) is 8.32. The Balaban J connectivity index is 3.72. The van der Waals surface area contributed by atoms with Gasteiger partial charge in [-0.25, -0.2) is 0 Å². The zero-order chi connectivity index (χ0) is 11.5. The van der Waals surface area contributed by atoms with Crippen LogP contribution in [0.5, 0.6) is 0 Å². The van der Waals surface area contributed by atoms with E-state index >= 15 is 0 Å². The zero-order valence-electron chi connectivity index (χ0n) is 9.50. The van der Waals surface area contributed by atoms with Crippen LogP contribution < -0.4 is 0 Å². The third-order valence-electron chi connectivity index (χ3n) is 2.08. The lowest BCUT2D eigenvalue weighted by Crippen LogP contribution is -2.31. The zero-order valence-corrected chi connectivity index (χ0v) is 9.50. The molecule has 0 aromatic carbocycles. The summed E-state index contributed by atoms with van der Waals surface area (Å²) in [6.45, 7) is 2.22. The maximum absolute atomic E-state index is 12.0. The van der Waals surface area contributed by atoms with Crippen molar-refractivity contribution >= 4 is 5.97 Å². The quantitative estimate of drug-likeness (QED) is 0.541. The molecule has 0 N–H and O–H groups in total. The van der Waals surface area contributed by atoms with E-state index in [1.165, 1.54) is 7.11 Å². The second kappa shape index (κ2) is 9.86. The van der Waals surface area contributed by atoms with Crippen LogP contribution in [0.15, 0.2) is 0 Å². The van der Waals surface area contributed by atoms with Crippen molar-refractivity contribution in [1.82, 2.24) is 4.90 Å². The molecule has 15 heavy (non-hydrogen) atoms. The van der Waals surface area contributed by atoms with Crippen molar-refractivity contribution in [3.05, 3.63) is 0 Å². The number of alkyl halides is 1. The Bertz CT molecular complexity index is 159. The molecule has 0 bridgehead atoms. The molecular formula is C10H20FNO3. The number of ether oxygens (including phenoxy) is 2. The van der Waals surface area contributed by atoms with Crippen molar-refractivity contribution in [2.45, 2.75) is 12.8 Å². The van der Waals surface area contributed by atoms with Crippen LogP contribution in [0.4, 0.5) is 4.39 Å². The highest BCUT2D eigenvalue weighted by molar-refractivity contribution is 5.69. The van der Waals surface area contributed by atoms with Gasteiger partial charge < -0.3 is 14.4 Å². The minimum Gasteiger partial charge on any atom is -0.469 e. The fourth-order valence-electron chi connectivity index (χ4n) is 1.19. The van der Waals surface area contributed by atoms with Gasteiger partial charge in [0.2, 0.25) is 0 Å². The molecule has 0 saturated heterocycles. The van der Waals surface area contributed by atoms with Crippen molar-refractivity contribution < 1.29 is 18.7 Å². The molecule has 0 saturated carbocycles. The highest BCUT2D eigenvalue weighted by atomic mass is 19.1. The number of hydrogen-bond acceptors (Lipinski definition) is 4. The van der Waals surface area contributed by atoms with Crippen LogP contribution >= 0.6 is 0 Å². The third-order valence-corrected chi connectivity index (χ3v) is 2.08. The number of carbonyl (C=O) groups excluding carboxylic acids is 1. The van der Waals surface area contributed by atoms with E-state index in [0.717, 1.165) is 0 Å².